The maximum Gasteiger partial charge on any atom is 0.317 e. The fourth-order valence-electron chi connectivity index (χ4n) is 2.65. The smallest absolute Gasteiger partial charge is 0.317 e. The molecule has 0 bridgehead atoms. The van der Waals surface area contributed by atoms with Crippen molar-refractivity contribution in [1.29, 1.82) is 0 Å². The van der Waals surface area contributed by atoms with Gasteiger partial charge in [0.15, 0.2) is 0 Å². The normalized spacial score (nSPS) is 27.7. The first-order chi connectivity index (χ1) is 9.10. The number of carbonyl (C=O) groups is 2. The Morgan fingerprint density at radius 3 is 2.68 bits per heavy atom. The van der Waals surface area contributed by atoms with Crippen molar-refractivity contribution >= 4 is 12.0 Å². The fraction of sp³-hybridized carbons (Fsp3) is 0.846. The van der Waals surface area contributed by atoms with Gasteiger partial charge in [0.25, 0.3) is 0 Å². The number of carbonyl (C=O) groups excluding carboxylic acids is 1. The molecule has 2 unspecified atom stereocenters. The van der Waals surface area contributed by atoms with E-state index in [1.165, 1.54) is 0 Å². The molecule has 0 radical (unpaired) electrons. The molecule has 2 rings (SSSR count). The van der Waals surface area contributed by atoms with Crippen LogP contribution in [0.3, 0.4) is 0 Å². The first-order valence-corrected chi connectivity index (χ1v) is 7.09. The van der Waals surface area contributed by atoms with Crippen molar-refractivity contribution in [3.8, 4) is 0 Å². The summed E-state index contributed by atoms with van der Waals surface area (Å²) in [6, 6.07) is 0.369. The fourth-order valence-corrected chi connectivity index (χ4v) is 2.65. The number of nitrogens with zero attached hydrogens (tertiary/aromatic N) is 2. The summed E-state index contributed by atoms with van der Waals surface area (Å²) in [5, 5.41) is 11.8. The van der Waals surface area contributed by atoms with Crippen LogP contribution < -0.4 is 5.32 Å². The molecular formula is C13H23N3O3. The highest BCUT2D eigenvalue weighted by atomic mass is 16.4. The SMILES string of the molecule is CCC1CC1NC(=O)N1CCCN(CC(=O)O)CC1. The number of nitrogens with one attached hydrogen (secondary N) is 1. The van der Waals surface area contributed by atoms with Crippen LogP contribution in [0.1, 0.15) is 26.2 Å². The lowest BCUT2D eigenvalue weighted by Crippen LogP contribution is -2.43. The Morgan fingerprint density at radius 1 is 1.26 bits per heavy atom. The Bertz CT molecular complexity index is 348. The van der Waals surface area contributed by atoms with Crippen LogP contribution in [-0.4, -0.2) is 65.7 Å². The predicted molar refractivity (Wildman–Crippen MR) is 71.0 cm³/mol. The van der Waals surface area contributed by atoms with Gasteiger partial charge in [0, 0.05) is 32.2 Å². The van der Waals surface area contributed by atoms with Crippen LogP contribution in [0.2, 0.25) is 0 Å². The molecule has 2 amide bonds. The van der Waals surface area contributed by atoms with Crippen molar-refractivity contribution in [2.45, 2.75) is 32.2 Å². The van der Waals surface area contributed by atoms with Gasteiger partial charge in [0.2, 0.25) is 0 Å². The topological polar surface area (TPSA) is 72.9 Å². The second kappa shape index (κ2) is 6.23. The number of urea groups is 1. The summed E-state index contributed by atoms with van der Waals surface area (Å²) in [7, 11) is 0. The van der Waals surface area contributed by atoms with E-state index in [0.717, 1.165) is 25.8 Å². The Morgan fingerprint density at radius 2 is 2.05 bits per heavy atom. The molecule has 0 aromatic carbocycles. The van der Waals surface area contributed by atoms with Crippen molar-refractivity contribution in [2.24, 2.45) is 5.92 Å². The van der Waals surface area contributed by atoms with Crippen LogP contribution in [0.15, 0.2) is 0 Å². The molecule has 1 aliphatic carbocycles. The highest BCUT2D eigenvalue weighted by Gasteiger charge is 2.37. The van der Waals surface area contributed by atoms with Gasteiger partial charge in [-0.05, 0) is 18.8 Å². The number of carboxylic acid groups (broad SMARTS) is 1. The Hall–Kier alpha value is -1.30. The molecule has 0 aromatic heterocycles. The lowest BCUT2D eigenvalue weighted by Gasteiger charge is -2.21. The third-order valence-corrected chi connectivity index (χ3v) is 3.99. The van der Waals surface area contributed by atoms with Crippen molar-refractivity contribution < 1.29 is 14.7 Å². The van der Waals surface area contributed by atoms with Gasteiger partial charge in [-0.2, -0.15) is 0 Å². The van der Waals surface area contributed by atoms with Crippen LogP contribution in [-0.2, 0) is 4.79 Å². The molecule has 2 aliphatic rings. The van der Waals surface area contributed by atoms with Crippen LogP contribution in [0.5, 0.6) is 0 Å². The first-order valence-electron chi connectivity index (χ1n) is 7.09. The summed E-state index contributed by atoms with van der Waals surface area (Å²) in [4.78, 5) is 26.5. The maximum absolute atomic E-state index is 12.1. The number of carboxylic acids is 1. The molecule has 2 N–H and O–H groups in total. The molecule has 19 heavy (non-hydrogen) atoms. The molecule has 6 nitrogen and oxygen atoms in total. The summed E-state index contributed by atoms with van der Waals surface area (Å²) in [5.74, 6) is -0.152. The number of hydrogen-bond acceptors (Lipinski definition) is 3. The van der Waals surface area contributed by atoms with Crippen LogP contribution in [0.4, 0.5) is 4.79 Å². The highest BCUT2D eigenvalue weighted by Crippen LogP contribution is 2.33. The number of aliphatic carboxylic acids is 1. The third-order valence-electron chi connectivity index (χ3n) is 3.99. The summed E-state index contributed by atoms with van der Waals surface area (Å²) in [6.45, 7) is 4.93. The Balaban J connectivity index is 1.75. The largest absolute Gasteiger partial charge is 0.480 e. The molecule has 2 atom stereocenters. The van der Waals surface area contributed by atoms with E-state index in [2.05, 4.69) is 12.2 Å². The van der Waals surface area contributed by atoms with Crippen LogP contribution in [0, 0.1) is 5.92 Å². The second-order valence-corrected chi connectivity index (χ2v) is 5.47. The molecule has 6 heteroatoms. The van der Waals surface area contributed by atoms with Crippen molar-refractivity contribution in [2.75, 3.05) is 32.7 Å². The van der Waals surface area contributed by atoms with E-state index in [9.17, 15) is 9.59 Å². The van der Waals surface area contributed by atoms with Gasteiger partial charge in [-0.15, -0.1) is 0 Å². The molecule has 1 heterocycles. The zero-order chi connectivity index (χ0) is 13.8. The van der Waals surface area contributed by atoms with E-state index >= 15 is 0 Å². The summed E-state index contributed by atoms with van der Waals surface area (Å²) in [6.07, 6.45) is 3.06. The van der Waals surface area contributed by atoms with E-state index in [1.54, 1.807) is 0 Å². The van der Waals surface area contributed by atoms with E-state index in [0.29, 0.717) is 31.6 Å². The zero-order valence-electron chi connectivity index (χ0n) is 11.5. The van der Waals surface area contributed by atoms with Crippen LogP contribution >= 0.6 is 0 Å². The summed E-state index contributed by atoms with van der Waals surface area (Å²) in [5.41, 5.74) is 0. The van der Waals surface area contributed by atoms with Gasteiger partial charge in [0.1, 0.15) is 0 Å². The Kier molecular flexibility index (Phi) is 4.63. The monoisotopic (exact) mass is 269 g/mol. The second-order valence-electron chi connectivity index (χ2n) is 5.47. The van der Waals surface area contributed by atoms with Crippen molar-refractivity contribution in [3.05, 3.63) is 0 Å². The minimum Gasteiger partial charge on any atom is -0.480 e. The molecule has 2 fully saturated rings. The average molecular weight is 269 g/mol. The molecule has 0 aromatic rings. The molecule has 108 valence electrons. The van der Waals surface area contributed by atoms with E-state index in [1.807, 2.05) is 9.80 Å². The van der Waals surface area contributed by atoms with Gasteiger partial charge >= 0.3 is 12.0 Å². The molecule has 1 saturated heterocycles. The van der Waals surface area contributed by atoms with E-state index in [-0.39, 0.29) is 12.6 Å². The van der Waals surface area contributed by atoms with Gasteiger partial charge in [0.05, 0.1) is 6.54 Å². The number of amides is 2. The van der Waals surface area contributed by atoms with E-state index in [4.69, 9.17) is 5.11 Å². The van der Waals surface area contributed by atoms with E-state index < -0.39 is 5.97 Å². The zero-order valence-corrected chi connectivity index (χ0v) is 11.5. The quantitative estimate of drug-likeness (QED) is 0.783. The molecule has 1 aliphatic heterocycles. The summed E-state index contributed by atoms with van der Waals surface area (Å²) >= 11 is 0. The first kappa shape index (κ1) is 14.1. The number of hydrogen-bond donors (Lipinski definition) is 2. The molecule has 1 saturated carbocycles. The van der Waals surface area contributed by atoms with Crippen molar-refractivity contribution in [3.63, 3.8) is 0 Å². The molecular weight excluding hydrogens is 246 g/mol. The van der Waals surface area contributed by atoms with Crippen LogP contribution in [0.25, 0.3) is 0 Å². The highest BCUT2D eigenvalue weighted by molar-refractivity contribution is 5.75. The lowest BCUT2D eigenvalue weighted by molar-refractivity contribution is -0.138. The maximum atomic E-state index is 12.1. The number of rotatable bonds is 4. The minimum absolute atomic E-state index is 0.0122. The predicted octanol–water partition coefficient (Wildman–Crippen LogP) is 0.587. The van der Waals surface area contributed by atoms with Gasteiger partial charge in [-0.1, -0.05) is 13.3 Å². The minimum atomic E-state index is -0.804. The van der Waals surface area contributed by atoms with Gasteiger partial charge in [-0.3, -0.25) is 9.69 Å². The Labute approximate surface area is 113 Å². The molecule has 0 spiro atoms. The lowest BCUT2D eigenvalue weighted by atomic mass is 10.3. The standard InChI is InChI=1S/C13H23N3O3/c1-2-10-8-11(10)14-13(19)16-5-3-4-15(6-7-16)9-12(17)18/h10-11H,2-9H2,1H3,(H,14,19)(H,17,18). The van der Waals surface area contributed by atoms with Gasteiger partial charge < -0.3 is 15.3 Å². The third kappa shape index (κ3) is 4.09. The summed E-state index contributed by atoms with van der Waals surface area (Å²) < 4.78 is 0. The van der Waals surface area contributed by atoms with Gasteiger partial charge in [-0.25, -0.2) is 4.79 Å². The average Bonchev–Trinajstić information content (AvgIpc) is 3.12. The van der Waals surface area contributed by atoms with Crippen molar-refractivity contribution in [1.82, 2.24) is 15.1 Å².